The van der Waals surface area contributed by atoms with E-state index >= 15 is 0 Å². The minimum absolute atomic E-state index is 0.00350. The molecule has 132 valence electrons. The fourth-order valence-electron chi connectivity index (χ4n) is 3.21. The third-order valence-corrected chi connectivity index (χ3v) is 4.64. The minimum Gasteiger partial charge on any atom is -0.391 e. The first-order valence-electron chi connectivity index (χ1n) is 8.56. The Bertz CT molecular complexity index is 788. The van der Waals surface area contributed by atoms with Gasteiger partial charge in [-0.05, 0) is 31.0 Å². The van der Waals surface area contributed by atoms with Crippen LogP contribution >= 0.6 is 0 Å². The van der Waals surface area contributed by atoms with Gasteiger partial charge in [-0.1, -0.05) is 30.3 Å². The molecule has 2 N–H and O–H groups in total. The van der Waals surface area contributed by atoms with Gasteiger partial charge in [0.2, 0.25) is 0 Å². The smallest absolute Gasteiger partial charge is 0.322 e. The van der Waals surface area contributed by atoms with E-state index in [-0.39, 0.29) is 29.7 Å². The summed E-state index contributed by atoms with van der Waals surface area (Å²) in [6.07, 6.45) is 1.85. The van der Waals surface area contributed by atoms with E-state index in [2.05, 4.69) is 5.32 Å². The summed E-state index contributed by atoms with van der Waals surface area (Å²) in [5.74, 6) is -0.00350. The predicted octanol–water partition coefficient (Wildman–Crippen LogP) is 1.94. The van der Waals surface area contributed by atoms with Gasteiger partial charge in [0.25, 0.3) is 5.56 Å². The van der Waals surface area contributed by atoms with Gasteiger partial charge < -0.3 is 19.9 Å². The number of urea groups is 1. The second kappa shape index (κ2) is 7.53. The number of aliphatic hydroxyl groups excluding tert-OH is 1. The summed E-state index contributed by atoms with van der Waals surface area (Å²) < 4.78 is 1.53. The highest BCUT2D eigenvalue weighted by molar-refractivity contribution is 5.89. The number of nitrogens with one attached hydrogen (secondary N) is 1. The molecule has 2 amide bonds. The Morgan fingerprint density at radius 1 is 1.20 bits per heavy atom. The Labute approximate surface area is 146 Å². The summed E-state index contributed by atoms with van der Waals surface area (Å²) in [6.45, 7) is 3.16. The average molecular weight is 341 g/mol. The molecule has 1 saturated heterocycles. The first-order valence-corrected chi connectivity index (χ1v) is 8.56. The molecule has 2 heterocycles. The van der Waals surface area contributed by atoms with Gasteiger partial charge in [-0.2, -0.15) is 0 Å². The minimum atomic E-state index is -0.561. The van der Waals surface area contributed by atoms with Crippen LogP contribution in [0.5, 0.6) is 0 Å². The van der Waals surface area contributed by atoms with Crippen molar-refractivity contribution in [2.45, 2.75) is 26.0 Å². The van der Waals surface area contributed by atoms with Crippen molar-refractivity contribution in [3.8, 4) is 0 Å². The summed E-state index contributed by atoms with van der Waals surface area (Å²) in [7, 11) is 0. The molecule has 1 aromatic heterocycles. The second-order valence-corrected chi connectivity index (χ2v) is 6.37. The predicted molar refractivity (Wildman–Crippen MR) is 96.6 cm³/mol. The van der Waals surface area contributed by atoms with E-state index < -0.39 is 6.10 Å². The molecule has 0 saturated carbocycles. The Morgan fingerprint density at radius 3 is 2.68 bits per heavy atom. The molecular weight excluding hydrogens is 318 g/mol. The Kier molecular flexibility index (Phi) is 5.19. The molecule has 1 aromatic carbocycles. The molecular formula is C19H23N3O3. The van der Waals surface area contributed by atoms with E-state index in [0.717, 1.165) is 12.0 Å². The first-order chi connectivity index (χ1) is 12.1. The van der Waals surface area contributed by atoms with Gasteiger partial charge in [0.15, 0.2) is 0 Å². The number of likely N-dealkylation sites (tertiary alicyclic amines) is 1. The molecule has 6 heteroatoms. The zero-order valence-corrected chi connectivity index (χ0v) is 14.3. The van der Waals surface area contributed by atoms with Crippen molar-refractivity contribution in [1.82, 2.24) is 9.47 Å². The lowest BCUT2D eigenvalue weighted by atomic mass is 9.97. The molecule has 0 bridgehead atoms. The lowest BCUT2D eigenvalue weighted by Crippen LogP contribution is -2.36. The number of pyridine rings is 1. The van der Waals surface area contributed by atoms with Crippen LogP contribution in [-0.2, 0) is 13.0 Å². The molecule has 0 unspecified atom stereocenters. The molecule has 1 aliphatic heterocycles. The third-order valence-electron chi connectivity index (χ3n) is 4.64. The molecule has 6 nitrogen and oxygen atoms in total. The number of carbonyl (C=O) groups is 1. The van der Waals surface area contributed by atoms with Gasteiger partial charge in [-0.15, -0.1) is 0 Å². The van der Waals surface area contributed by atoms with Crippen molar-refractivity contribution < 1.29 is 9.90 Å². The number of nitrogens with zero attached hydrogens (tertiary/aromatic N) is 2. The van der Waals surface area contributed by atoms with Crippen molar-refractivity contribution in [3.63, 3.8) is 0 Å². The van der Waals surface area contributed by atoms with E-state index in [4.69, 9.17) is 0 Å². The zero-order valence-electron chi connectivity index (χ0n) is 14.3. The van der Waals surface area contributed by atoms with Crippen molar-refractivity contribution in [3.05, 3.63) is 64.6 Å². The van der Waals surface area contributed by atoms with Crippen molar-refractivity contribution in [1.29, 1.82) is 0 Å². The van der Waals surface area contributed by atoms with Crippen LogP contribution in [0, 0.1) is 5.92 Å². The van der Waals surface area contributed by atoms with Crippen LogP contribution < -0.4 is 10.9 Å². The second-order valence-electron chi connectivity index (χ2n) is 6.37. The van der Waals surface area contributed by atoms with Gasteiger partial charge in [0.05, 0.1) is 6.10 Å². The summed E-state index contributed by atoms with van der Waals surface area (Å²) in [5, 5.41) is 13.0. The highest BCUT2D eigenvalue weighted by Gasteiger charge is 2.34. The first kappa shape index (κ1) is 17.2. The molecule has 0 radical (unpaired) electrons. The summed E-state index contributed by atoms with van der Waals surface area (Å²) in [4.78, 5) is 26.2. The van der Waals surface area contributed by atoms with Crippen LogP contribution in [0.1, 0.15) is 12.5 Å². The van der Waals surface area contributed by atoms with Gasteiger partial charge in [0, 0.05) is 31.7 Å². The van der Waals surface area contributed by atoms with Gasteiger partial charge >= 0.3 is 6.03 Å². The number of β-amino-alcohol motifs (C(OH)–C–C–N with tert-alkyl or cyclic N) is 1. The van der Waals surface area contributed by atoms with Crippen LogP contribution in [0.3, 0.4) is 0 Å². The molecule has 1 fully saturated rings. The van der Waals surface area contributed by atoms with E-state index in [0.29, 0.717) is 13.1 Å². The van der Waals surface area contributed by atoms with E-state index in [1.165, 1.54) is 4.57 Å². The highest BCUT2D eigenvalue weighted by atomic mass is 16.3. The number of aromatic nitrogens is 1. The number of amides is 2. The van der Waals surface area contributed by atoms with Crippen LogP contribution in [0.4, 0.5) is 10.5 Å². The van der Waals surface area contributed by atoms with Crippen molar-refractivity contribution in [2.24, 2.45) is 5.92 Å². The summed E-state index contributed by atoms with van der Waals surface area (Å²) in [6, 6.07) is 12.9. The number of aryl methyl sites for hydroxylation is 1. The Morgan fingerprint density at radius 2 is 1.96 bits per heavy atom. The fraction of sp³-hybridized carbons (Fsp3) is 0.368. The number of aliphatic hydroxyl groups is 1. The molecule has 0 spiro atoms. The number of carbonyl (C=O) groups excluding carboxylic acids is 1. The summed E-state index contributed by atoms with van der Waals surface area (Å²) >= 11 is 0. The van der Waals surface area contributed by atoms with Crippen LogP contribution in [0.25, 0.3) is 0 Å². The third kappa shape index (κ3) is 3.91. The van der Waals surface area contributed by atoms with E-state index in [9.17, 15) is 14.7 Å². The van der Waals surface area contributed by atoms with Crippen molar-refractivity contribution >= 4 is 11.7 Å². The number of rotatable bonds is 4. The Balaban J connectivity index is 1.65. The van der Waals surface area contributed by atoms with Crippen LogP contribution in [0.15, 0.2) is 53.5 Å². The van der Waals surface area contributed by atoms with Crippen molar-refractivity contribution in [2.75, 3.05) is 18.4 Å². The van der Waals surface area contributed by atoms with Gasteiger partial charge in [-0.25, -0.2) is 4.79 Å². The Hall–Kier alpha value is -2.60. The lowest BCUT2D eigenvalue weighted by molar-refractivity contribution is 0.143. The molecule has 25 heavy (non-hydrogen) atoms. The highest BCUT2D eigenvalue weighted by Crippen LogP contribution is 2.22. The SMILES string of the molecule is CCn1cccc(NC(=O)N2C[C@@H](Cc3ccccc3)[C@H](O)C2)c1=O. The molecule has 2 atom stereocenters. The fourth-order valence-corrected chi connectivity index (χ4v) is 3.21. The normalized spacial score (nSPS) is 19.8. The molecule has 1 aliphatic rings. The number of anilines is 1. The van der Waals surface area contributed by atoms with E-state index in [1.54, 1.807) is 23.2 Å². The maximum Gasteiger partial charge on any atom is 0.322 e. The monoisotopic (exact) mass is 341 g/mol. The number of benzene rings is 1. The standard InChI is InChI=1S/C19H23N3O3/c1-2-21-10-6-9-16(18(21)24)20-19(25)22-12-15(17(23)13-22)11-14-7-4-3-5-8-14/h3-10,15,17,23H,2,11-13H2,1H3,(H,20,25)/t15-,17-/m1/s1. The number of hydrogen-bond acceptors (Lipinski definition) is 3. The molecule has 0 aliphatic carbocycles. The topological polar surface area (TPSA) is 74.6 Å². The van der Waals surface area contributed by atoms with E-state index in [1.807, 2.05) is 37.3 Å². The average Bonchev–Trinajstić information content (AvgIpc) is 2.98. The van der Waals surface area contributed by atoms with Crippen LogP contribution in [-0.4, -0.2) is 39.8 Å². The van der Waals surface area contributed by atoms with Crippen LogP contribution in [0.2, 0.25) is 0 Å². The maximum absolute atomic E-state index is 12.5. The molecule has 2 aromatic rings. The maximum atomic E-state index is 12.5. The quantitative estimate of drug-likeness (QED) is 0.892. The van der Waals surface area contributed by atoms with Gasteiger partial charge in [0.1, 0.15) is 5.69 Å². The zero-order chi connectivity index (χ0) is 17.8. The molecule has 3 rings (SSSR count). The lowest BCUT2D eigenvalue weighted by Gasteiger charge is -2.17. The number of hydrogen-bond donors (Lipinski definition) is 2. The summed E-state index contributed by atoms with van der Waals surface area (Å²) in [5.41, 5.74) is 1.18. The largest absolute Gasteiger partial charge is 0.391 e. The van der Waals surface area contributed by atoms with Gasteiger partial charge in [-0.3, -0.25) is 4.79 Å².